The van der Waals surface area contributed by atoms with Gasteiger partial charge in [-0.1, -0.05) is 19.9 Å². The second-order valence-corrected chi connectivity index (χ2v) is 11.3. The molecule has 2 aromatic heterocycles. The summed E-state index contributed by atoms with van der Waals surface area (Å²) in [6.45, 7) is 13.4. The minimum atomic E-state index is 0.226. The summed E-state index contributed by atoms with van der Waals surface area (Å²) in [5.41, 5.74) is 7.29. The largest absolute Gasteiger partial charge is 0.354 e. The van der Waals surface area contributed by atoms with E-state index in [1.165, 1.54) is 46.1 Å². The normalized spacial score (nSPS) is 21.6. The Morgan fingerprint density at radius 1 is 1.12 bits per heavy atom. The van der Waals surface area contributed by atoms with Crippen LogP contribution in [0.25, 0.3) is 22.2 Å². The Morgan fingerprint density at radius 2 is 1.88 bits per heavy atom. The summed E-state index contributed by atoms with van der Waals surface area (Å²) >= 11 is 0. The van der Waals surface area contributed by atoms with E-state index in [0.29, 0.717) is 29.6 Å². The number of piperidine rings is 1. The first kappa shape index (κ1) is 23.3. The molecule has 0 bridgehead atoms. The third kappa shape index (κ3) is 4.57. The van der Waals surface area contributed by atoms with Crippen molar-refractivity contribution in [3.8, 4) is 11.3 Å². The first-order valence-corrected chi connectivity index (χ1v) is 13.2. The van der Waals surface area contributed by atoms with Gasteiger partial charge in [-0.2, -0.15) is 0 Å². The number of aryl methyl sites for hydroxylation is 1. The Kier molecular flexibility index (Phi) is 6.37. The number of benzene rings is 1. The molecule has 4 heteroatoms. The van der Waals surface area contributed by atoms with Crippen molar-refractivity contribution in [1.82, 2.24) is 14.9 Å². The Hall–Kier alpha value is -2.46. The van der Waals surface area contributed by atoms with Crippen LogP contribution >= 0.6 is 0 Å². The van der Waals surface area contributed by atoms with Crippen LogP contribution in [0.4, 0.5) is 0 Å². The number of hydrogen-bond acceptors (Lipinski definition) is 3. The zero-order valence-electron chi connectivity index (χ0n) is 21.4. The molecule has 1 saturated heterocycles. The number of pyridine rings is 1. The number of aromatic nitrogens is 2. The van der Waals surface area contributed by atoms with E-state index in [9.17, 15) is 4.79 Å². The lowest BCUT2D eigenvalue weighted by atomic mass is 9.89. The van der Waals surface area contributed by atoms with Gasteiger partial charge in [0.1, 0.15) is 5.78 Å². The van der Waals surface area contributed by atoms with Gasteiger partial charge >= 0.3 is 0 Å². The van der Waals surface area contributed by atoms with Crippen LogP contribution < -0.4 is 0 Å². The molecule has 0 amide bonds. The van der Waals surface area contributed by atoms with E-state index in [-0.39, 0.29) is 5.92 Å². The number of nitrogens with zero attached hydrogens (tertiary/aromatic N) is 2. The van der Waals surface area contributed by atoms with E-state index in [1.807, 2.05) is 13.1 Å². The number of Topliss-reactive ketones (excluding diaryl/α,β-unsaturated/α-hetero) is 1. The fraction of sp³-hybridized carbons (Fsp3) is 0.533. The van der Waals surface area contributed by atoms with Crippen LogP contribution in [0.3, 0.4) is 0 Å². The van der Waals surface area contributed by atoms with E-state index >= 15 is 0 Å². The predicted octanol–water partition coefficient (Wildman–Crippen LogP) is 6.84. The van der Waals surface area contributed by atoms with Gasteiger partial charge in [0.2, 0.25) is 0 Å². The molecule has 5 rings (SSSR count). The van der Waals surface area contributed by atoms with Gasteiger partial charge in [0.15, 0.2) is 0 Å². The molecule has 0 radical (unpaired) electrons. The fourth-order valence-corrected chi connectivity index (χ4v) is 6.02. The maximum Gasteiger partial charge on any atom is 0.136 e. The quantitative estimate of drug-likeness (QED) is 0.422. The SMILES string of the molecule is Cc1cc(-c2[nH]c3ccc([C@@H]4C[C@H]4C(=O)CC4CCN(C(C)C)CC4)cc3c2C(C)C)ccn1. The Morgan fingerprint density at radius 3 is 2.56 bits per heavy atom. The molecule has 34 heavy (non-hydrogen) atoms. The van der Waals surface area contributed by atoms with E-state index in [0.717, 1.165) is 31.6 Å². The van der Waals surface area contributed by atoms with Crippen molar-refractivity contribution in [2.45, 2.75) is 78.2 Å². The number of fused-ring (bicyclic) bond motifs is 1. The zero-order chi connectivity index (χ0) is 24.0. The van der Waals surface area contributed by atoms with Crippen LogP contribution in [0.2, 0.25) is 0 Å². The third-order valence-electron chi connectivity index (χ3n) is 8.13. The maximum absolute atomic E-state index is 13.1. The van der Waals surface area contributed by atoms with Gasteiger partial charge in [0.25, 0.3) is 0 Å². The lowest BCUT2D eigenvalue weighted by molar-refractivity contribution is -0.121. The molecule has 0 spiro atoms. The highest BCUT2D eigenvalue weighted by Gasteiger charge is 2.44. The number of likely N-dealkylation sites (tertiary alicyclic amines) is 1. The molecule has 2 aliphatic rings. The zero-order valence-corrected chi connectivity index (χ0v) is 21.4. The van der Waals surface area contributed by atoms with Crippen molar-refractivity contribution in [3.63, 3.8) is 0 Å². The Balaban J connectivity index is 1.32. The standard InChI is InChI=1S/C30H39N3O/c1-18(2)29-26-16-22(6-7-27(26)32-30(29)23-8-11-31-20(5)14-23)24-17-25(24)28(34)15-21-9-12-33(13-10-21)19(3)4/h6-8,11,14,16,18-19,21,24-25,32H,9-10,12-13,15,17H2,1-5H3/t24-,25+/m0/s1. The van der Waals surface area contributed by atoms with Crippen LogP contribution in [0.1, 0.15) is 82.0 Å². The van der Waals surface area contributed by atoms with Gasteiger partial charge < -0.3 is 9.88 Å². The number of rotatable bonds is 7. The molecule has 1 aliphatic heterocycles. The number of hydrogen-bond donors (Lipinski definition) is 1. The van der Waals surface area contributed by atoms with Crippen LogP contribution in [0.15, 0.2) is 36.5 Å². The molecule has 4 nitrogen and oxygen atoms in total. The molecule has 180 valence electrons. The molecule has 1 aromatic carbocycles. The smallest absolute Gasteiger partial charge is 0.136 e. The predicted molar refractivity (Wildman–Crippen MR) is 140 cm³/mol. The number of aromatic amines is 1. The number of ketones is 1. The summed E-state index contributed by atoms with van der Waals surface area (Å²) in [6.07, 6.45) is 6.03. The summed E-state index contributed by atoms with van der Waals surface area (Å²) in [6, 6.07) is 11.7. The summed E-state index contributed by atoms with van der Waals surface area (Å²) < 4.78 is 0. The van der Waals surface area contributed by atoms with E-state index in [2.05, 4.69) is 72.9 Å². The molecule has 1 saturated carbocycles. The number of carbonyl (C=O) groups is 1. The van der Waals surface area contributed by atoms with Crippen molar-refractivity contribution in [2.75, 3.05) is 13.1 Å². The van der Waals surface area contributed by atoms with Crippen LogP contribution in [-0.2, 0) is 4.79 Å². The van der Waals surface area contributed by atoms with Gasteiger partial charge in [-0.25, -0.2) is 0 Å². The second kappa shape index (κ2) is 9.30. The molecule has 3 aromatic rings. The van der Waals surface area contributed by atoms with Crippen LogP contribution in [0.5, 0.6) is 0 Å². The first-order chi connectivity index (χ1) is 16.3. The fourth-order valence-electron chi connectivity index (χ4n) is 6.02. The Bertz CT molecular complexity index is 1180. The lowest BCUT2D eigenvalue weighted by Crippen LogP contribution is -2.38. The molecule has 1 N–H and O–H groups in total. The molecule has 2 atom stereocenters. The lowest BCUT2D eigenvalue weighted by Gasteiger charge is -2.34. The van der Waals surface area contributed by atoms with Crippen molar-refractivity contribution >= 4 is 16.7 Å². The number of carbonyl (C=O) groups excluding carboxylic acids is 1. The van der Waals surface area contributed by atoms with E-state index in [1.54, 1.807) is 0 Å². The summed E-state index contributed by atoms with van der Waals surface area (Å²) in [7, 11) is 0. The molecular formula is C30H39N3O. The molecule has 1 aliphatic carbocycles. The van der Waals surface area contributed by atoms with Crippen LogP contribution in [-0.4, -0.2) is 39.8 Å². The van der Waals surface area contributed by atoms with Gasteiger partial charge in [-0.05, 0) is 106 Å². The minimum Gasteiger partial charge on any atom is -0.354 e. The highest BCUT2D eigenvalue weighted by atomic mass is 16.1. The van der Waals surface area contributed by atoms with Crippen molar-refractivity contribution < 1.29 is 4.79 Å². The highest BCUT2D eigenvalue weighted by molar-refractivity contribution is 5.92. The second-order valence-electron chi connectivity index (χ2n) is 11.3. The summed E-state index contributed by atoms with van der Waals surface area (Å²) in [5, 5.41) is 1.30. The topological polar surface area (TPSA) is 49.0 Å². The van der Waals surface area contributed by atoms with Gasteiger partial charge in [0, 0.05) is 46.7 Å². The maximum atomic E-state index is 13.1. The average Bonchev–Trinajstić information content (AvgIpc) is 3.52. The van der Waals surface area contributed by atoms with Gasteiger partial charge in [-0.3, -0.25) is 9.78 Å². The van der Waals surface area contributed by atoms with Crippen molar-refractivity contribution in [3.05, 3.63) is 53.3 Å². The summed E-state index contributed by atoms with van der Waals surface area (Å²) in [5.74, 6) is 2.10. The number of nitrogens with one attached hydrogen (secondary N) is 1. The van der Waals surface area contributed by atoms with Gasteiger partial charge in [-0.15, -0.1) is 0 Å². The monoisotopic (exact) mass is 457 g/mol. The number of H-pyrrole nitrogens is 1. The third-order valence-corrected chi connectivity index (χ3v) is 8.13. The van der Waals surface area contributed by atoms with E-state index < -0.39 is 0 Å². The van der Waals surface area contributed by atoms with Crippen molar-refractivity contribution in [2.24, 2.45) is 11.8 Å². The van der Waals surface area contributed by atoms with E-state index in [4.69, 9.17) is 0 Å². The first-order valence-electron chi connectivity index (χ1n) is 13.2. The molecular weight excluding hydrogens is 418 g/mol. The van der Waals surface area contributed by atoms with Crippen molar-refractivity contribution in [1.29, 1.82) is 0 Å². The van der Waals surface area contributed by atoms with Crippen LogP contribution in [0, 0.1) is 18.8 Å². The molecule has 0 unspecified atom stereocenters. The minimum absolute atomic E-state index is 0.226. The average molecular weight is 458 g/mol. The Labute approximate surface area is 204 Å². The van der Waals surface area contributed by atoms with Gasteiger partial charge in [0.05, 0.1) is 5.69 Å². The highest BCUT2D eigenvalue weighted by Crippen LogP contribution is 2.50. The molecule has 3 heterocycles. The summed E-state index contributed by atoms with van der Waals surface area (Å²) in [4.78, 5) is 23.7. The molecule has 2 fully saturated rings.